The molecule has 2 fully saturated rings. The van der Waals surface area contributed by atoms with E-state index >= 15 is 0 Å². The molecular weight excluding hydrogens is 352 g/mol. The van der Waals surface area contributed by atoms with Gasteiger partial charge in [-0.25, -0.2) is 0 Å². The maximum Gasteiger partial charge on any atom is 0.256 e. The summed E-state index contributed by atoms with van der Waals surface area (Å²) in [4.78, 5) is 15.3. The number of amides is 1. The van der Waals surface area contributed by atoms with Gasteiger partial charge in [0.05, 0.1) is 0 Å². The number of rotatable bonds is 9. The summed E-state index contributed by atoms with van der Waals surface area (Å²) in [7, 11) is 0. The van der Waals surface area contributed by atoms with Crippen molar-refractivity contribution in [2.24, 2.45) is 5.92 Å². The highest BCUT2D eigenvalue weighted by Crippen LogP contribution is 2.34. The molecule has 1 unspecified atom stereocenters. The number of benzene rings is 1. The first-order valence-electron chi connectivity index (χ1n) is 11.0. The Morgan fingerprint density at radius 2 is 1.93 bits per heavy atom. The first-order valence-corrected chi connectivity index (χ1v) is 11.0. The Morgan fingerprint density at radius 3 is 2.61 bits per heavy atom. The van der Waals surface area contributed by atoms with Crippen molar-refractivity contribution in [2.75, 3.05) is 38.2 Å². The van der Waals surface area contributed by atoms with Gasteiger partial charge in [0.15, 0.2) is 0 Å². The molecule has 1 aliphatic heterocycles. The van der Waals surface area contributed by atoms with Crippen molar-refractivity contribution in [1.82, 2.24) is 4.90 Å². The zero-order chi connectivity index (χ0) is 19.8. The van der Waals surface area contributed by atoms with E-state index in [0.717, 1.165) is 56.0 Å². The molecule has 1 aromatic rings. The molecule has 2 aliphatic rings. The van der Waals surface area contributed by atoms with Crippen molar-refractivity contribution >= 4 is 11.6 Å². The number of nitrogens with zero attached hydrogens (tertiary/aromatic N) is 1. The van der Waals surface area contributed by atoms with E-state index in [1.807, 2.05) is 24.3 Å². The van der Waals surface area contributed by atoms with Gasteiger partial charge in [-0.15, -0.1) is 0 Å². The fourth-order valence-electron chi connectivity index (χ4n) is 4.34. The molecular formula is C23H36N2O3. The summed E-state index contributed by atoms with van der Waals surface area (Å²) in [5.74, 6) is 1.63. The van der Waals surface area contributed by atoms with Crippen molar-refractivity contribution in [3.05, 3.63) is 24.3 Å². The first-order chi connectivity index (χ1) is 13.6. The number of hydrogen-bond acceptors (Lipinski definition) is 4. The topological polar surface area (TPSA) is 50.8 Å². The van der Waals surface area contributed by atoms with Gasteiger partial charge >= 0.3 is 0 Å². The predicted molar refractivity (Wildman–Crippen MR) is 113 cm³/mol. The number of piperidine rings is 1. The van der Waals surface area contributed by atoms with Crippen molar-refractivity contribution < 1.29 is 14.3 Å². The lowest BCUT2D eigenvalue weighted by Crippen LogP contribution is -2.43. The molecule has 1 amide bonds. The average molecular weight is 389 g/mol. The zero-order valence-electron chi connectivity index (χ0n) is 17.5. The van der Waals surface area contributed by atoms with Crippen LogP contribution in [0.25, 0.3) is 0 Å². The van der Waals surface area contributed by atoms with Gasteiger partial charge in [-0.3, -0.25) is 9.69 Å². The minimum absolute atomic E-state index is 0.00802. The van der Waals surface area contributed by atoms with Gasteiger partial charge in [-0.05, 0) is 81.7 Å². The number of nitrogens with one attached hydrogen (secondary N) is 1. The monoisotopic (exact) mass is 388 g/mol. The molecule has 28 heavy (non-hydrogen) atoms. The van der Waals surface area contributed by atoms with E-state index in [4.69, 9.17) is 9.47 Å². The molecule has 0 bridgehead atoms. The molecule has 1 heterocycles. The standard InChI is InChI=1S/C23H36N2O3/c1-3-16-28-23(12-4-5-13-23)22(26)24-20-8-10-21(11-9-20)27-17-15-25-14-6-7-19(2)18-25/h8-11,19H,3-7,12-18H2,1-2H3,(H,24,26). The van der Waals surface area contributed by atoms with Crippen LogP contribution in [-0.2, 0) is 9.53 Å². The van der Waals surface area contributed by atoms with Crippen LogP contribution in [0, 0.1) is 5.92 Å². The minimum atomic E-state index is -0.642. The number of ether oxygens (including phenoxy) is 2. The van der Waals surface area contributed by atoms with Crippen LogP contribution in [0.15, 0.2) is 24.3 Å². The second-order valence-electron chi connectivity index (χ2n) is 8.42. The molecule has 5 nitrogen and oxygen atoms in total. The van der Waals surface area contributed by atoms with Crippen LogP contribution in [0.2, 0.25) is 0 Å². The first kappa shape index (κ1) is 21.1. The van der Waals surface area contributed by atoms with Crippen molar-refractivity contribution in [2.45, 2.75) is 64.4 Å². The van der Waals surface area contributed by atoms with Gasteiger partial charge < -0.3 is 14.8 Å². The number of carbonyl (C=O) groups is 1. The summed E-state index contributed by atoms with van der Waals surface area (Å²) in [6.45, 7) is 9.06. The number of anilines is 1. The highest BCUT2D eigenvalue weighted by atomic mass is 16.5. The largest absolute Gasteiger partial charge is 0.492 e. The molecule has 1 aliphatic carbocycles. The molecule has 0 spiro atoms. The lowest BCUT2D eigenvalue weighted by atomic mass is 10.0. The maximum atomic E-state index is 12.8. The highest BCUT2D eigenvalue weighted by Gasteiger charge is 2.42. The third-order valence-electron chi connectivity index (χ3n) is 5.94. The van der Waals surface area contributed by atoms with Gasteiger partial charge in [-0.1, -0.05) is 13.8 Å². The van der Waals surface area contributed by atoms with E-state index in [2.05, 4.69) is 24.1 Å². The van der Waals surface area contributed by atoms with E-state index in [9.17, 15) is 4.79 Å². The Bertz CT molecular complexity index is 611. The van der Waals surface area contributed by atoms with Crippen LogP contribution in [0.3, 0.4) is 0 Å². The molecule has 3 rings (SSSR count). The Labute approximate surface area is 169 Å². The van der Waals surface area contributed by atoms with Crippen LogP contribution in [-0.4, -0.2) is 49.3 Å². The summed E-state index contributed by atoms with van der Waals surface area (Å²) in [6, 6.07) is 7.70. The van der Waals surface area contributed by atoms with Crippen LogP contribution in [0.5, 0.6) is 5.75 Å². The van der Waals surface area contributed by atoms with Gasteiger partial charge in [0.1, 0.15) is 18.0 Å². The van der Waals surface area contributed by atoms with E-state index in [1.54, 1.807) is 0 Å². The van der Waals surface area contributed by atoms with Crippen molar-refractivity contribution in [3.8, 4) is 5.75 Å². The van der Waals surface area contributed by atoms with Crippen LogP contribution >= 0.6 is 0 Å². The third-order valence-corrected chi connectivity index (χ3v) is 5.94. The van der Waals surface area contributed by atoms with E-state index in [0.29, 0.717) is 13.2 Å². The van der Waals surface area contributed by atoms with Gasteiger partial charge in [0.25, 0.3) is 5.91 Å². The van der Waals surface area contributed by atoms with Crippen LogP contribution < -0.4 is 10.1 Å². The quantitative estimate of drug-likeness (QED) is 0.678. The molecule has 1 saturated carbocycles. The number of carbonyl (C=O) groups excluding carboxylic acids is 1. The zero-order valence-corrected chi connectivity index (χ0v) is 17.5. The number of likely N-dealkylation sites (tertiary alicyclic amines) is 1. The Hall–Kier alpha value is -1.59. The predicted octanol–water partition coefficient (Wildman–Crippen LogP) is 4.48. The van der Waals surface area contributed by atoms with Crippen LogP contribution in [0.4, 0.5) is 5.69 Å². The lowest BCUT2D eigenvalue weighted by molar-refractivity contribution is -0.140. The number of hydrogen-bond donors (Lipinski definition) is 1. The van der Waals surface area contributed by atoms with Gasteiger partial charge in [0, 0.05) is 25.4 Å². The third kappa shape index (κ3) is 5.71. The van der Waals surface area contributed by atoms with E-state index < -0.39 is 5.60 Å². The minimum Gasteiger partial charge on any atom is -0.492 e. The highest BCUT2D eigenvalue weighted by molar-refractivity contribution is 5.97. The summed E-state index contributed by atoms with van der Waals surface area (Å²) < 4.78 is 11.9. The summed E-state index contributed by atoms with van der Waals surface area (Å²) >= 11 is 0. The van der Waals surface area contributed by atoms with Gasteiger partial charge in [0.2, 0.25) is 0 Å². The lowest BCUT2D eigenvalue weighted by Gasteiger charge is -2.30. The average Bonchev–Trinajstić information content (AvgIpc) is 3.18. The molecule has 5 heteroatoms. The molecule has 1 aromatic carbocycles. The van der Waals surface area contributed by atoms with Crippen molar-refractivity contribution in [3.63, 3.8) is 0 Å². The summed E-state index contributed by atoms with van der Waals surface area (Å²) in [5.41, 5.74) is 0.158. The fourth-order valence-corrected chi connectivity index (χ4v) is 4.34. The molecule has 1 N–H and O–H groups in total. The Kier molecular flexibility index (Phi) is 7.74. The summed E-state index contributed by atoms with van der Waals surface area (Å²) in [6.07, 6.45) is 7.30. The second-order valence-corrected chi connectivity index (χ2v) is 8.42. The van der Waals surface area contributed by atoms with E-state index in [1.165, 1.54) is 25.9 Å². The molecule has 0 radical (unpaired) electrons. The fraction of sp³-hybridized carbons (Fsp3) is 0.696. The molecule has 1 atom stereocenters. The smallest absolute Gasteiger partial charge is 0.256 e. The second kappa shape index (κ2) is 10.3. The van der Waals surface area contributed by atoms with Crippen molar-refractivity contribution in [1.29, 1.82) is 0 Å². The molecule has 156 valence electrons. The normalized spacial score (nSPS) is 22.1. The Morgan fingerprint density at radius 1 is 1.18 bits per heavy atom. The maximum absolute atomic E-state index is 12.8. The molecule has 0 aromatic heterocycles. The SMILES string of the molecule is CCCOC1(C(=O)Nc2ccc(OCCN3CCCC(C)C3)cc2)CCCC1. The van der Waals surface area contributed by atoms with Gasteiger partial charge in [-0.2, -0.15) is 0 Å². The van der Waals surface area contributed by atoms with Crippen LogP contribution in [0.1, 0.15) is 58.8 Å². The molecule has 1 saturated heterocycles. The Balaban J connectivity index is 1.46. The summed E-state index contributed by atoms with van der Waals surface area (Å²) in [5, 5.41) is 3.05. The van der Waals surface area contributed by atoms with E-state index in [-0.39, 0.29) is 5.91 Å².